The van der Waals surface area contributed by atoms with Gasteiger partial charge in [0, 0.05) is 20.0 Å². The van der Waals surface area contributed by atoms with E-state index in [9.17, 15) is 22.8 Å². The minimum absolute atomic E-state index is 0.117. The van der Waals surface area contributed by atoms with E-state index >= 15 is 0 Å². The van der Waals surface area contributed by atoms with Crippen molar-refractivity contribution >= 4 is 11.8 Å². The summed E-state index contributed by atoms with van der Waals surface area (Å²) >= 11 is 0. The molecule has 0 aliphatic rings. The molecule has 0 saturated carbocycles. The first-order valence-electron chi connectivity index (χ1n) is 7.91. The van der Waals surface area contributed by atoms with Gasteiger partial charge in [0.15, 0.2) is 0 Å². The number of carbonyl (C=O) groups is 2. The summed E-state index contributed by atoms with van der Waals surface area (Å²) in [5.41, 5.74) is 0.565. The van der Waals surface area contributed by atoms with Crippen LogP contribution >= 0.6 is 0 Å². The number of nitrogens with one attached hydrogen (secondary N) is 1. The zero-order chi connectivity index (χ0) is 19.0. The molecule has 0 radical (unpaired) electrons. The summed E-state index contributed by atoms with van der Waals surface area (Å²) in [6.07, 6.45) is -2.37. The van der Waals surface area contributed by atoms with Crippen LogP contribution in [-0.4, -0.2) is 37.0 Å². The monoisotopic (exact) mass is 356 g/mol. The fourth-order valence-electron chi connectivity index (χ4n) is 2.52. The summed E-state index contributed by atoms with van der Waals surface area (Å²) < 4.78 is 37.8. The van der Waals surface area contributed by atoms with Gasteiger partial charge in [-0.25, -0.2) is 0 Å². The van der Waals surface area contributed by atoms with Crippen LogP contribution in [0, 0.1) is 5.92 Å². The van der Waals surface area contributed by atoms with E-state index in [4.69, 9.17) is 0 Å². The Kier molecular flexibility index (Phi) is 7.67. The third-order valence-electron chi connectivity index (χ3n) is 3.81. The fourth-order valence-corrected chi connectivity index (χ4v) is 2.52. The van der Waals surface area contributed by atoms with Crippen LogP contribution in [0.15, 0.2) is 43.0 Å². The molecule has 1 aromatic rings. The summed E-state index contributed by atoms with van der Waals surface area (Å²) in [6, 6.07) is 7.59. The minimum Gasteiger partial charge on any atom is -0.349 e. The molecule has 0 bridgehead atoms. The molecule has 1 N–H and O–H groups in total. The molecule has 25 heavy (non-hydrogen) atoms. The van der Waals surface area contributed by atoms with Gasteiger partial charge in [-0.2, -0.15) is 13.2 Å². The number of hydrogen-bond acceptors (Lipinski definition) is 2. The largest absolute Gasteiger partial charge is 0.471 e. The standard InChI is InChI=1S/C18H23F3N2O2/c1-4-8-14(16(24)23(2)3)11-12-15(13-9-6-5-7-10-13)22-17(25)18(19,20)21/h4-7,9-10,14-15H,1,8,11-12H2,2-3H3,(H,22,25)/t14-,15-/m1/s1. The summed E-state index contributed by atoms with van der Waals surface area (Å²) in [4.78, 5) is 25.0. The van der Waals surface area contributed by atoms with E-state index in [1.54, 1.807) is 50.5 Å². The molecule has 7 heteroatoms. The number of carbonyl (C=O) groups excluding carboxylic acids is 2. The summed E-state index contributed by atoms with van der Waals surface area (Å²) in [5, 5.41) is 2.02. The molecule has 2 atom stereocenters. The van der Waals surface area contributed by atoms with E-state index in [0.29, 0.717) is 18.4 Å². The van der Waals surface area contributed by atoms with Crippen molar-refractivity contribution < 1.29 is 22.8 Å². The first-order valence-corrected chi connectivity index (χ1v) is 7.91. The van der Waals surface area contributed by atoms with Crippen molar-refractivity contribution in [3.63, 3.8) is 0 Å². The molecule has 0 saturated heterocycles. The second-order valence-electron chi connectivity index (χ2n) is 5.97. The zero-order valence-electron chi connectivity index (χ0n) is 14.3. The summed E-state index contributed by atoms with van der Waals surface area (Å²) in [7, 11) is 3.25. The number of halogens is 3. The Morgan fingerprint density at radius 3 is 2.28 bits per heavy atom. The van der Waals surface area contributed by atoms with Crippen LogP contribution in [0.25, 0.3) is 0 Å². The minimum atomic E-state index is -4.95. The van der Waals surface area contributed by atoms with Crippen LogP contribution in [0.3, 0.4) is 0 Å². The summed E-state index contributed by atoms with van der Waals surface area (Å²) in [6.45, 7) is 3.62. The lowest BCUT2D eigenvalue weighted by atomic mass is 9.92. The molecule has 2 amide bonds. The number of hydrogen-bond donors (Lipinski definition) is 1. The van der Waals surface area contributed by atoms with E-state index in [1.165, 1.54) is 4.90 Å². The van der Waals surface area contributed by atoms with E-state index < -0.39 is 18.1 Å². The third kappa shape index (κ3) is 6.60. The number of benzene rings is 1. The molecule has 0 aromatic heterocycles. The Bertz CT molecular complexity index is 586. The SMILES string of the molecule is C=CC[C@H](CC[C@@H](NC(=O)C(F)(F)F)c1ccccc1)C(=O)N(C)C. The van der Waals surface area contributed by atoms with Gasteiger partial charge < -0.3 is 10.2 Å². The Labute approximate surface area is 145 Å². The lowest BCUT2D eigenvalue weighted by molar-refractivity contribution is -0.174. The molecular formula is C18H23F3N2O2. The van der Waals surface area contributed by atoms with Crippen LogP contribution < -0.4 is 5.32 Å². The van der Waals surface area contributed by atoms with Crippen molar-refractivity contribution in [1.82, 2.24) is 10.2 Å². The van der Waals surface area contributed by atoms with Gasteiger partial charge in [-0.1, -0.05) is 36.4 Å². The Hall–Kier alpha value is -2.31. The van der Waals surface area contributed by atoms with Gasteiger partial charge in [-0.3, -0.25) is 9.59 Å². The highest BCUT2D eigenvalue weighted by molar-refractivity contribution is 5.82. The Morgan fingerprint density at radius 1 is 1.20 bits per heavy atom. The lowest BCUT2D eigenvalue weighted by Crippen LogP contribution is -2.39. The maximum atomic E-state index is 12.6. The third-order valence-corrected chi connectivity index (χ3v) is 3.81. The highest BCUT2D eigenvalue weighted by atomic mass is 19.4. The molecule has 0 spiro atoms. The highest BCUT2D eigenvalue weighted by Gasteiger charge is 2.40. The molecule has 4 nitrogen and oxygen atoms in total. The average Bonchev–Trinajstić information content (AvgIpc) is 2.56. The number of amides is 2. The molecule has 0 unspecified atom stereocenters. The number of allylic oxidation sites excluding steroid dienone is 1. The first-order chi connectivity index (χ1) is 11.7. The molecule has 1 aromatic carbocycles. The first kappa shape index (κ1) is 20.7. The van der Waals surface area contributed by atoms with Gasteiger partial charge in [0.05, 0.1) is 6.04 Å². The normalized spacial score (nSPS) is 13.6. The average molecular weight is 356 g/mol. The fraction of sp³-hybridized carbons (Fsp3) is 0.444. The number of rotatable bonds is 8. The van der Waals surface area contributed by atoms with E-state index in [2.05, 4.69) is 6.58 Å². The van der Waals surface area contributed by atoms with Gasteiger partial charge in [-0.05, 0) is 24.8 Å². The van der Waals surface area contributed by atoms with Crippen LogP contribution in [-0.2, 0) is 9.59 Å². The number of nitrogens with zero attached hydrogens (tertiary/aromatic N) is 1. The molecule has 0 aliphatic heterocycles. The van der Waals surface area contributed by atoms with Gasteiger partial charge in [0.2, 0.25) is 5.91 Å². The van der Waals surface area contributed by atoms with Gasteiger partial charge in [-0.15, -0.1) is 6.58 Å². The van der Waals surface area contributed by atoms with Crippen molar-refractivity contribution in [3.05, 3.63) is 48.6 Å². The lowest BCUT2D eigenvalue weighted by Gasteiger charge is -2.24. The molecular weight excluding hydrogens is 333 g/mol. The predicted octanol–water partition coefficient (Wildman–Crippen LogP) is 3.47. The molecule has 0 heterocycles. The van der Waals surface area contributed by atoms with Crippen molar-refractivity contribution in [2.75, 3.05) is 14.1 Å². The van der Waals surface area contributed by atoms with Crippen molar-refractivity contribution in [2.45, 2.75) is 31.5 Å². The molecule has 138 valence electrons. The second-order valence-corrected chi connectivity index (χ2v) is 5.97. The molecule has 0 aliphatic carbocycles. The van der Waals surface area contributed by atoms with Crippen LogP contribution in [0.2, 0.25) is 0 Å². The van der Waals surface area contributed by atoms with E-state index in [-0.39, 0.29) is 18.2 Å². The van der Waals surface area contributed by atoms with Crippen molar-refractivity contribution in [1.29, 1.82) is 0 Å². The maximum absolute atomic E-state index is 12.6. The smallest absolute Gasteiger partial charge is 0.349 e. The zero-order valence-corrected chi connectivity index (χ0v) is 14.3. The Balaban J connectivity index is 2.91. The van der Waals surface area contributed by atoms with Gasteiger partial charge >= 0.3 is 12.1 Å². The maximum Gasteiger partial charge on any atom is 0.471 e. The topological polar surface area (TPSA) is 49.4 Å². The predicted molar refractivity (Wildman–Crippen MR) is 89.6 cm³/mol. The molecule has 1 rings (SSSR count). The highest BCUT2D eigenvalue weighted by Crippen LogP contribution is 2.25. The second kappa shape index (κ2) is 9.25. The van der Waals surface area contributed by atoms with Gasteiger partial charge in [0.25, 0.3) is 0 Å². The van der Waals surface area contributed by atoms with Gasteiger partial charge in [0.1, 0.15) is 0 Å². The van der Waals surface area contributed by atoms with E-state index in [0.717, 1.165) is 0 Å². The van der Waals surface area contributed by atoms with Crippen molar-refractivity contribution in [3.8, 4) is 0 Å². The van der Waals surface area contributed by atoms with E-state index in [1.807, 2.05) is 5.32 Å². The van der Waals surface area contributed by atoms with Crippen LogP contribution in [0.5, 0.6) is 0 Å². The van der Waals surface area contributed by atoms with Crippen molar-refractivity contribution in [2.24, 2.45) is 5.92 Å². The molecule has 0 fully saturated rings. The quantitative estimate of drug-likeness (QED) is 0.725. The Morgan fingerprint density at radius 2 is 1.80 bits per heavy atom. The van der Waals surface area contributed by atoms with Crippen LogP contribution in [0.4, 0.5) is 13.2 Å². The summed E-state index contributed by atoms with van der Waals surface area (Å²) in [5.74, 6) is -2.49. The number of alkyl halides is 3. The van der Waals surface area contributed by atoms with Crippen LogP contribution in [0.1, 0.15) is 30.9 Å².